The molecule has 0 aliphatic carbocycles. The maximum Gasteiger partial charge on any atom is 0.159 e. The lowest BCUT2D eigenvalue weighted by Gasteiger charge is -2.26. The van der Waals surface area contributed by atoms with Crippen LogP contribution in [0.2, 0.25) is 0 Å². The van der Waals surface area contributed by atoms with E-state index in [0.29, 0.717) is 0 Å². The minimum atomic E-state index is 0.848. The first-order chi connectivity index (χ1) is 30.7. The van der Waals surface area contributed by atoms with E-state index in [-0.39, 0.29) is 0 Å². The number of para-hydroxylation sites is 5. The van der Waals surface area contributed by atoms with Crippen molar-refractivity contribution in [2.75, 3.05) is 4.90 Å². The molecular formula is C58H36N2O2. The molecule has 0 aliphatic heterocycles. The number of anilines is 3. The van der Waals surface area contributed by atoms with E-state index in [1.54, 1.807) is 0 Å². The molecule has 4 nitrogen and oxygen atoms in total. The first-order valence-corrected chi connectivity index (χ1v) is 21.1. The van der Waals surface area contributed by atoms with Crippen LogP contribution < -0.4 is 4.90 Å². The molecule has 4 heteroatoms. The van der Waals surface area contributed by atoms with Gasteiger partial charge in [-0.25, -0.2) is 0 Å². The molecule has 0 spiro atoms. The van der Waals surface area contributed by atoms with Crippen molar-refractivity contribution in [2.24, 2.45) is 0 Å². The van der Waals surface area contributed by atoms with Crippen LogP contribution in [0, 0.1) is 0 Å². The maximum atomic E-state index is 6.65. The standard InChI is InChI=1S/C58H36N2O2/c1-2-13-41(14-3-1)60-53-36-40(29-34-46(53)49-35-28-38-12-4-5-15-44(38)56(49)60)37-24-30-42(31-25-37)59(52-21-11-20-51-48-17-7-9-23-55(48)62-58(51)52)43-32-26-39(27-33-43)45-18-10-19-50-47-16-6-8-22-54(47)61-57(45)50/h1-36H. The smallest absolute Gasteiger partial charge is 0.159 e. The van der Waals surface area contributed by atoms with E-state index in [4.69, 9.17) is 8.83 Å². The zero-order valence-electron chi connectivity index (χ0n) is 33.5. The minimum absolute atomic E-state index is 0.848. The molecule has 0 unspecified atom stereocenters. The van der Waals surface area contributed by atoms with Crippen LogP contribution in [-0.2, 0) is 0 Å². The Labute approximate surface area is 356 Å². The van der Waals surface area contributed by atoms with Gasteiger partial charge in [0.15, 0.2) is 5.58 Å². The number of benzene rings is 10. The van der Waals surface area contributed by atoms with Crippen LogP contribution in [0.4, 0.5) is 17.1 Å². The SMILES string of the molecule is c1ccc(-n2c3cc(-c4ccc(N(c5ccc(-c6cccc7c6oc6ccccc67)cc5)c5cccc6c5oc5ccccc56)cc4)ccc3c3ccc4ccccc4c32)cc1. The van der Waals surface area contributed by atoms with Gasteiger partial charge in [0.1, 0.15) is 16.7 Å². The van der Waals surface area contributed by atoms with Crippen LogP contribution in [0.1, 0.15) is 0 Å². The molecule has 0 N–H and O–H groups in total. The average Bonchev–Trinajstić information content (AvgIpc) is 4.02. The quantitative estimate of drug-likeness (QED) is 0.168. The zero-order valence-corrected chi connectivity index (χ0v) is 33.5. The predicted molar refractivity (Wildman–Crippen MR) is 258 cm³/mol. The summed E-state index contributed by atoms with van der Waals surface area (Å²) in [6, 6.07) is 77.9. The van der Waals surface area contributed by atoms with E-state index in [1.165, 1.54) is 32.6 Å². The van der Waals surface area contributed by atoms with Crippen LogP contribution in [0.3, 0.4) is 0 Å². The molecule has 62 heavy (non-hydrogen) atoms. The normalized spacial score (nSPS) is 11.9. The Morgan fingerprint density at radius 3 is 1.66 bits per heavy atom. The van der Waals surface area contributed by atoms with Crippen LogP contribution >= 0.6 is 0 Å². The molecule has 3 aromatic heterocycles. The van der Waals surface area contributed by atoms with E-state index in [0.717, 1.165) is 88.9 Å². The van der Waals surface area contributed by atoms with Crippen molar-refractivity contribution in [1.82, 2.24) is 4.57 Å². The number of rotatable bonds is 6. The van der Waals surface area contributed by atoms with Gasteiger partial charge in [0, 0.05) is 60.3 Å². The van der Waals surface area contributed by atoms with Gasteiger partial charge < -0.3 is 18.3 Å². The van der Waals surface area contributed by atoms with Crippen molar-refractivity contribution >= 4 is 93.5 Å². The van der Waals surface area contributed by atoms with Gasteiger partial charge in [0.2, 0.25) is 0 Å². The summed E-state index contributed by atoms with van der Waals surface area (Å²) in [5.41, 5.74) is 14.5. The van der Waals surface area contributed by atoms with Gasteiger partial charge in [0.25, 0.3) is 0 Å². The fraction of sp³-hybridized carbons (Fsp3) is 0. The highest BCUT2D eigenvalue weighted by Crippen LogP contribution is 2.44. The number of hydrogen-bond acceptors (Lipinski definition) is 3. The zero-order chi connectivity index (χ0) is 40.7. The Balaban J connectivity index is 0.950. The molecule has 290 valence electrons. The summed E-state index contributed by atoms with van der Waals surface area (Å²) >= 11 is 0. The van der Waals surface area contributed by atoms with Crippen LogP contribution in [-0.4, -0.2) is 4.57 Å². The van der Waals surface area contributed by atoms with Crippen LogP contribution in [0.15, 0.2) is 227 Å². The first kappa shape index (κ1) is 34.5. The summed E-state index contributed by atoms with van der Waals surface area (Å²) < 4.78 is 15.5. The van der Waals surface area contributed by atoms with Gasteiger partial charge >= 0.3 is 0 Å². The molecule has 0 aliphatic rings. The Kier molecular flexibility index (Phi) is 7.57. The van der Waals surface area contributed by atoms with Crippen molar-refractivity contribution in [3.63, 3.8) is 0 Å². The molecule has 0 radical (unpaired) electrons. The molecule has 0 saturated heterocycles. The van der Waals surface area contributed by atoms with E-state index >= 15 is 0 Å². The lowest BCUT2D eigenvalue weighted by molar-refractivity contribution is 0.669. The summed E-state index contributed by atoms with van der Waals surface area (Å²) in [6.07, 6.45) is 0. The number of nitrogens with zero attached hydrogens (tertiary/aromatic N) is 2. The van der Waals surface area contributed by atoms with Gasteiger partial charge in [0.05, 0.1) is 16.7 Å². The van der Waals surface area contributed by atoms with Crippen molar-refractivity contribution < 1.29 is 8.83 Å². The fourth-order valence-corrected chi connectivity index (χ4v) is 9.71. The van der Waals surface area contributed by atoms with Gasteiger partial charge in [-0.1, -0.05) is 158 Å². The Bertz CT molecular complexity index is 3850. The highest BCUT2D eigenvalue weighted by molar-refractivity contribution is 6.19. The molecule has 13 aromatic rings. The fourth-order valence-electron chi connectivity index (χ4n) is 9.71. The van der Waals surface area contributed by atoms with Crippen LogP contribution in [0.25, 0.3) is 104 Å². The topological polar surface area (TPSA) is 34.5 Å². The van der Waals surface area contributed by atoms with Crippen molar-refractivity contribution in [1.29, 1.82) is 0 Å². The van der Waals surface area contributed by atoms with Crippen molar-refractivity contribution in [3.8, 4) is 27.9 Å². The van der Waals surface area contributed by atoms with Crippen LogP contribution in [0.5, 0.6) is 0 Å². The molecule has 3 heterocycles. The Morgan fingerprint density at radius 2 is 0.919 bits per heavy atom. The van der Waals surface area contributed by atoms with E-state index in [2.05, 4.69) is 204 Å². The van der Waals surface area contributed by atoms with Gasteiger partial charge in [-0.3, -0.25) is 0 Å². The highest BCUT2D eigenvalue weighted by atomic mass is 16.3. The van der Waals surface area contributed by atoms with E-state index < -0.39 is 0 Å². The molecule has 0 bridgehead atoms. The molecule has 10 aromatic carbocycles. The summed E-state index contributed by atoms with van der Waals surface area (Å²) in [6.45, 7) is 0. The number of furan rings is 2. The summed E-state index contributed by atoms with van der Waals surface area (Å²) in [5.74, 6) is 0. The second-order valence-electron chi connectivity index (χ2n) is 16.0. The van der Waals surface area contributed by atoms with Gasteiger partial charge in [-0.2, -0.15) is 0 Å². The molecule has 0 atom stereocenters. The third-order valence-electron chi connectivity index (χ3n) is 12.6. The van der Waals surface area contributed by atoms with E-state index in [9.17, 15) is 0 Å². The molecular weight excluding hydrogens is 757 g/mol. The number of aromatic nitrogens is 1. The monoisotopic (exact) mass is 792 g/mol. The molecule has 0 fully saturated rings. The van der Waals surface area contributed by atoms with Crippen molar-refractivity contribution in [3.05, 3.63) is 218 Å². The lowest BCUT2D eigenvalue weighted by Crippen LogP contribution is -2.10. The predicted octanol–water partition coefficient (Wildman–Crippen LogP) is 16.5. The summed E-state index contributed by atoms with van der Waals surface area (Å²) in [7, 11) is 0. The number of fused-ring (bicyclic) bond motifs is 11. The Hall–Kier alpha value is -8.34. The maximum absolute atomic E-state index is 6.65. The highest BCUT2D eigenvalue weighted by Gasteiger charge is 2.21. The molecule has 0 amide bonds. The second kappa shape index (κ2) is 13.6. The third kappa shape index (κ3) is 5.27. The minimum Gasteiger partial charge on any atom is -0.455 e. The van der Waals surface area contributed by atoms with Gasteiger partial charge in [-0.15, -0.1) is 0 Å². The third-order valence-corrected chi connectivity index (χ3v) is 12.6. The molecule has 0 saturated carbocycles. The second-order valence-corrected chi connectivity index (χ2v) is 16.0. The van der Waals surface area contributed by atoms with Gasteiger partial charge in [-0.05, 0) is 82.7 Å². The van der Waals surface area contributed by atoms with E-state index in [1.807, 2.05) is 24.3 Å². The molecule has 13 rings (SSSR count). The lowest BCUT2D eigenvalue weighted by atomic mass is 10.0. The average molecular weight is 793 g/mol. The van der Waals surface area contributed by atoms with Crippen molar-refractivity contribution in [2.45, 2.75) is 0 Å². The largest absolute Gasteiger partial charge is 0.455 e. The Morgan fingerprint density at radius 1 is 0.355 bits per heavy atom. The summed E-state index contributed by atoms with van der Waals surface area (Å²) in [4.78, 5) is 2.31. The first-order valence-electron chi connectivity index (χ1n) is 21.1. The number of hydrogen-bond donors (Lipinski definition) is 0. The summed E-state index contributed by atoms with van der Waals surface area (Å²) in [5, 5.41) is 9.40.